The summed E-state index contributed by atoms with van der Waals surface area (Å²) in [5.74, 6) is 1.91. The third-order valence-electron chi connectivity index (χ3n) is 3.64. The highest BCUT2D eigenvalue weighted by Crippen LogP contribution is 2.28. The van der Waals surface area contributed by atoms with E-state index in [4.69, 9.17) is 10.00 Å². The summed E-state index contributed by atoms with van der Waals surface area (Å²) in [5, 5.41) is 15.4. The minimum Gasteiger partial charge on any atom is -0.489 e. The molecule has 27 heavy (non-hydrogen) atoms. The van der Waals surface area contributed by atoms with Gasteiger partial charge < -0.3 is 15.4 Å². The molecule has 0 amide bonds. The Morgan fingerprint density at radius 1 is 1.00 bits per heavy atom. The van der Waals surface area contributed by atoms with Gasteiger partial charge in [0.1, 0.15) is 11.6 Å². The first-order valence-corrected chi connectivity index (χ1v) is 8.69. The van der Waals surface area contributed by atoms with E-state index in [1.807, 2.05) is 63.2 Å². The Hall–Kier alpha value is -3.59. The number of nitrogens with zero attached hydrogens (tertiary/aromatic N) is 3. The normalized spacial score (nSPS) is 10.3. The molecular weight excluding hydrogens is 338 g/mol. The number of aromatic nitrogens is 2. The zero-order valence-corrected chi connectivity index (χ0v) is 15.5. The highest BCUT2D eigenvalue weighted by atomic mass is 16.5. The van der Waals surface area contributed by atoms with E-state index in [2.05, 4.69) is 26.7 Å². The Labute approximate surface area is 158 Å². The van der Waals surface area contributed by atoms with Gasteiger partial charge in [-0.3, -0.25) is 0 Å². The Bertz CT molecular complexity index is 961. The number of ether oxygens (including phenoxy) is 1. The maximum atomic E-state index is 8.89. The van der Waals surface area contributed by atoms with Gasteiger partial charge in [-0.15, -0.1) is 0 Å². The number of nitriles is 1. The Morgan fingerprint density at radius 2 is 1.74 bits per heavy atom. The van der Waals surface area contributed by atoms with Gasteiger partial charge in [-0.25, -0.2) is 4.98 Å². The molecule has 3 aromatic rings. The molecule has 1 heterocycles. The van der Waals surface area contributed by atoms with Crippen molar-refractivity contribution in [1.29, 1.82) is 5.26 Å². The molecule has 0 aliphatic heterocycles. The van der Waals surface area contributed by atoms with Crippen molar-refractivity contribution in [2.45, 2.75) is 26.9 Å². The lowest BCUT2D eigenvalue weighted by atomic mass is 10.2. The first kappa shape index (κ1) is 18.2. The van der Waals surface area contributed by atoms with Gasteiger partial charge in [0.15, 0.2) is 0 Å². The van der Waals surface area contributed by atoms with Crippen molar-refractivity contribution < 1.29 is 4.74 Å². The van der Waals surface area contributed by atoms with E-state index in [0.29, 0.717) is 17.3 Å². The molecule has 1 aromatic heterocycles. The fourth-order valence-electron chi connectivity index (χ4n) is 2.51. The first-order valence-electron chi connectivity index (χ1n) is 8.69. The monoisotopic (exact) mass is 359 g/mol. The summed E-state index contributed by atoms with van der Waals surface area (Å²) >= 11 is 0. The number of nitrogens with one attached hydrogen (secondary N) is 2. The molecule has 6 heteroatoms. The summed E-state index contributed by atoms with van der Waals surface area (Å²) in [5.41, 5.74) is 3.09. The van der Waals surface area contributed by atoms with Gasteiger partial charge >= 0.3 is 0 Å². The van der Waals surface area contributed by atoms with Gasteiger partial charge in [-0.1, -0.05) is 12.1 Å². The van der Waals surface area contributed by atoms with E-state index in [0.717, 1.165) is 22.8 Å². The minimum absolute atomic E-state index is 0.0775. The second-order valence-corrected chi connectivity index (χ2v) is 6.32. The number of para-hydroxylation sites is 2. The van der Waals surface area contributed by atoms with Crippen molar-refractivity contribution in [3.63, 3.8) is 0 Å². The fourth-order valence-corrected chi connectivity index (χ4v) is 2.51. The lowest BCUT2D eigenvalue weighted by molar-refractivity contribution is 0.244. The number of anilines is 4. The predicted octanol–water partition coefficient (Wildman–Crippen LogP) is 4.93. The number of aryl methyl sites for hydroxylation is 1. The molecule has 2 N–H and O–H groups in total. The Morgan fingerprint density at radius 3 is 2.44 bits per heavy atom. The summed E-state index contributed by atoms with van der Waals surface area (Å²) in [4.78, 5) is 8.96. The molecule has 0 aliphatic rings. The number of benzene rings is 2. The molecule has 0 unspecified atom stereocenters. The molecule has 0 spiro atoms. The maximum Gasteiger partial charge on any atom is 0.229 e. The average molecular weight is 359 g/mol. The molecular formula is C21H21N5O. The SMILES string of the molecule is Cc1cc(Nc2ccccc2OC(C)C)nc(Nc2ccc(C#N)cc2)n1. The number of hydrogen-bond acceptors (Lipinski definition) is 6. The van der Waals surface area contributed by atoms with Crippen molar-refractivity contribution in [3.8, 4) is 11.8 Å². The standard InChI is InChI=1S/C21H21N5O/c1-14(2)27-19-7-5-4-6-18(19)25-20-12-15(3)23-21(26-20)24-17-10-8-16(13-22)9-11-17/h4-12,14H,1-3H3,(H2,23,24,25,26). The Balaban J connectivity index is 1.82. The van der Waals surface area contributed by atoms with E-state index < -0.39 is 0 Å². The summed E-state index contributed by atoms with van der Waals surface area (Å²) in [6.07, 6.45) is 0.0775. The number of rotatable bonds is 6. The Kier molecular flexibility index (Phi) is 5.53. The molecule has 0 saturated heterocycles. The summed E-state index contributed by atoms with van der Waals surface area (Å²) in [6.45, 7) is 5.89. The zero-order chi connectivity index (χ0) is 19.2. The summed E-state index contributed by atoms with van der Waals surface area (Å²) in [6, 6.07) is 18.9. The van der Waals surface area contributed by atoms with Gasteiger partial charge in [0, 0.05) is 17.4 Å². The van der Waals surface area contributed by atoms with Crippen LogP contribution >= 0.6 is 0 Å². The molecule has 6 nitrogen and oxygen atoms in total. The van der Waals surface area contributed by atoms with Gasteiger partial charge in [-0.2, -0.15) is 10.2 Å². The van der Waals surface area contributed by atoms with E-state index in [1.165, 1.54) is 0 Å². The molecule has 136 valence electrons. The summed E-state index contributed by atoms with van der Waals surface area (Å²) in [7, 11) is 0. The fraction of sp³-hybridized carbons (Fsp3) is 0.190. The summed E-state index contributed by atoms with van der Waals surface area (Å²) < 4.78 is 5.85. The van der Waals surface area contributed by atoms with Crippen LogP contribution in [0.5, 0.6) is 5.75 Å². The third-order valence-corrected chi connectivity index (χ3v) is 3.64. The molecule has 0 radical (unpaired) electrons. The molecule has 0 aliphatic carbocycles. The van der Waals surface area contributed by atoms with Crippen molar-refractivity contribution in [2.24, 2.45) is 0 Å². The second kappa shape index (κ2) is 8.19. The van der Waals surface area contributed by atoms with Crippen LogP contribution in [0.15, 0.2) is 54.6 Å². The van der Waals surface area contributed by atoms with Gasteiger partial charge in [-0.05, 0) is 57.2 Å². The van der Waals surface area contributed by atoms with Crippen molar-refractivity contribution in [2.75, 3.05) is 10.6 Å². The predicted molar refractivity (Wildman–Crippen MR) is 107 cm³/mol. The van der Waals surface area contributed by atoms with Crippen LogP contribution in [0, 0.1) is 18.3 Å². The van der Waals surface area contributed by atoms with E-state index in [9.17, 15) is 0 Å². The van der Waals surface area contributed by atoms with Gasteiger partial charge in [0.2, 0.25) is 5.95 Å². The quantitative estimate of drug-likeness (QED) is 0.649. The molecule has 0 atom stereocenters. The lowest BCUT2D eigenvalue weighted by Crippen LogP contribution is -2.08. The van der Waals surface area contributed by atoms with Crippen LogP contribution in [-0.2, 0) is 0 Å². The topological polar surface area (TPSA) is 82.9 Å². The van der Waals surface area contributed by atoms with Crippen LogP contribution in [0.4, 0.5) is 23.1 Å². The van der Waals surface area contributed by atoms with Crippen LogP contribution in [0.1, 0.15) is 25.1 Å². The van der Waals surface area contributed by atoms with Crippen molar-refractivity contribution in [3.05, 3.63) is 65.9 Å². The van der Waals surface area contributed by atoms with E-state index in [-0.39, 0.29) is 6.10 Å². The van der Waals surface area contributed by atoms with Crippen molar-refractivity contribution >= 4 is 23.1 Å². The van der Waals surface area contributed by atoms with Crippen LogP contribution in [0.2, 0.25) is 0 Å². The van der Waals surface area contributed by atoms with E-state index in [1.54, 1.807) is 12.1 Å². The second-order valence-electron chi connectivity index (χ2n) is 6.32. The van der Waals surface area contributed by atoms with Gasteiger partial charge in [0.25, 0.3) is 0 Å². The van der Waals surface area contributed by atoms with Crippen LogP contribution < -0.4 is 15.4 Å². The lowest BCUT2D eigenvalue weighted by Gasteiger charge is -2.15. The molecule has 2 aromatic carbocycles. The third kappa shape index (κ3) is 4.95. The maximum absolute atomic E-state index is 8.89. The largest absolute Gasteiger partial charge is 0.489 e. The van der Waals surface area contributed by atoms with Crippen molar-refractivity contribution in [1.82, 2.24) is 9.97 Å². The molecule has 0 fully saturated rings. The van der Waals surface area contributed by atoms with Crippen LogP contribution in [0.25, 0.3) is 0 Å². The van der Waals surface area contributed by atoms with Crippen LogP contribution in [0.3, 0.4) is 0 Å². The highest BCUT2D eigenvalue weighted by molar-refractivity contribution is 5.65. The molecule has 3 rings (SSSR count). The number of hydrogen-bond donors (Lipinski definition) is 2. The highest BCUT2D eigenvalue weighted by Gasteiger charge is 2.08. The average Bonchev–Trinajstić information content (AvgIpc) is 2.63. The first-order chi connectivity index (χ1) is 13.0. The molecule has 0 bridgehead atoms. The molecule has 0 saturated carbocycles. The van der Waals surface area contributed by atoms with Gasteiger partial charge in [0.05, 0.1) is 23.4 Å². The van der Waals surface area contributed by atoms with Crippen LogP contribution in [-0.4, -0.2) is 16.1 Å². The smallest absolute Gasteiger partial charge is 0.229 e. The minimum atomic E-state index is 0.0775. The van der Waals surface area contributed by atoms with E-state index >= 15 is 0 Å². The zero-order valence-electron chi connectivity index (χ0n) is 15.5.